The van der Waals surface area contributed by atoms with Crippen molar-refractivity contribution in [1.82, 2.24) is 5.32 Å². The van der Waals surface area contributed by atoms with Gasteiger partial charge in [0, 0.05) is 29.9 Å². The average Bonchev–Trinajstić information content (AvgIpc) is 3.02. The van der Waals surface area contributed by atoms with E-state index in [0.29, 0.717) is 17.9 Å². The fourth-order valence-electron chi connectivity index (χ4n) is 4.90. The SMILES string of the molecule is CC1(C)c2ccccc2N(CC(=O)NCc2ccccc2)[C@]12C=Cc1cc([N+](=O)[O-])ccc1O2. The Kier molecular flexibility index (Phi) is 5.12. The molecule has 1 spiro atoms. The molecule has 0 radical (unpaired) electrons. The number of non-ortho nitro benzene ring substituents is 1. The van der Waals surface area contributed by atoms with E-state index < -0.39 is 16.1 Å². The van der Waals surface area contributed by atoms with Crippen LogP contribution in [0.5, 0.6) is 5.75 Å². The van der Waals surface area contributed by atoms with E-state index in [0.717, 1.165) is 16.8 Å². The molecular formula is C27H25N3O4. The molecule has 0 saturated heterocycles. The molecule has 2 heterocycles. The second-order valence-electron chi connectivity index (χ2n) is 9.10. The molecule has 7 nitrogen and oxygen atoms in total. The molecule has 7 heteroatoms. The maximum Gasteiger partial charge on any atom is 0.270 e. The zero-order chi connectivity index (χ0) is 23.9. The van der Waals surface area contributed by atoms with Crippen LogP contribution in [0.15, 0.2) is 78.9 Å². The highest BCUT2D eigenvalue weighted by Crippen LogP contribution is 2.54. The predicted molar refractivity (Wildman–Crippen MR) is 131 cm³/mol. The van der Waals surface area contributed by atoms with E-state index in [1.54, 1.807) is 6.07 Å². The molecule has 172 valence electrons. The first-order valence-corrected chi connectivity index (χ1v) is 11.2. The Morgan fingerprint density at radius 1 is 1.06 bits per heavy atom. The summed E-state index contributed by atoms with van der Waals surface area (Å²) in [6, 6.07) is 22.3. The van der Waals surface area contributed by atoms with Crippen LogP contribution < -0.4 is 15.0 Å². The average molecular weight is 456 g/mol. The van der Waals surface area contributed by atoms with Crippen molar-refractivity contribution in [2.24, 2.45) is 0 Å². The van der Waals surface area contributed by atoms with Crippen molar-refractivity contribution in [3.05, 3.63) is 106 Å². The number of para-hydroxylation sites is 1. The second-order valence-corrected chi connectivity index (χ2v) is 9.10. The molecule has 2 aliphatic rings. The zero-order valence-electron chi connectivity index (χ0n) is 19.0. The van der Waals surface area contributed by atoms with Crippen LogP contribution in [0.2, 0.25) is 0 Å². The number of fused-ring (bicyclic) bond motifs is 2. The topological polar surface area (TPSA) is 84.7 Å². The summed E-state index contributed by atoms with van der Waals surface area (Å²) in [7, 11) is 0. The number of rotatable bonds is 5. The number of hydrogen-bond donors (Lipinski definition) is 1. The molecule has 1 N–H and O–H groups in total. The Morgan fingerprint density at radius 2 is 1.79 bits per heavy atom. The van der Waals surface area contributed by atoms with E-state index in [-0.39, 0.29) is 18.1 Å². The third kappa shape index (κ3) is 3.41. The van der Waals surface area contributed by atoms with Crippen LogP contribution in [-0.4, -0.2) is 23.1 Å². The van der Waals surface area contributed by atoms with Gasteiger partial charge in [-0.1, -0.05) is 48.5 Å². The number of nitrogens with zero attached hydrogens (tertiary/aromatic N) is 2. The highest BCUT2D eigenvalue weighted by atomic mass is 16.6. The van der Waals surface area contributed by atoms with Gasteiger partial charge in [0.25, 0.3) is 5.69 Å². The van der Waals surface area contributed by atoms with Gasteiger partial charge in [0.2, 0.25) is 11.6 Å². The molecule has 3 aromatic carbocycles. The third-order valence-electron chi connectivity index (χ3n) is 6.76. The quantitative estimate of drug-likeness (QED) is 0.441. The van der Waals surface area contributed by atoms with Crippen LogP contribution in [0.4, 0.5) is 11.4 Å². The van der Waals surface area contributed by atoms with Gasteiger partial charge in [0.05, 0.1) is 10.3 Å². The summed E-state index contributed by atoms with van der Waals surface area (Å²) in [5.74, 6) is 0.422. The lowest BCUT2D eigenvalue weighted by Crippen LogP contribution is -2.61. The molecule has 2 aliphatic heterocycles. The van der Waals surface area contributed by atoms with E-state index in [1.165, 1.54) is 12.1 Å². The fraction of sp³-hybridized carbons (Fsp3) is 0.222. The van der Waals surface area contributed by atoms with Gasteiger partial charge in [-0.15, -0.1) is 0 Å². The molecule has 0 bridgehead atoms. The minimum Gasteiger partial charge on any atom is -0.463 e. The molecule has 34 heavy (non-hydrogen) atoms. The number of carbonyl (C=O) groups excluding carboxylic acids is 1. The number of anilines is 1. The smallest absolute Gasteiger partial charge is 0.270 e. The molecule has 0 aliphatic carbocycles. The molecule has 0 fully saturated rings. The summed E-state index contributed by atoms with van der Waals surface area (Å²) in [6.07, 6.45) is 3.78. The number of benzene rings is 3. The van der Waals surface area contributed by atoms with Crippen molar-refractivity contribution in [3.8, 4) is 5.75 Å². The zero-order valence-corrected chi connectivity index (χ0v) is 19.0. The first kappa shape index (κ1) is 21.7. The minimum atomic E-state index is -0.968. The molecule has 3 aromatic rings. The van der Waals surface area contributed by atoms with Gasteiger partial charge in [-0.05, 0) is 49.3 Å². The lowest BCUT2D eigenvalue weighted by atomic mass is 9.76. The van der Waals surface area contributed by atoms with E-state index in [1.807, 2.05) is 65.6 Å². The van der Waals surface area contributed by atoms with Gasteiger partial charge in [0.1, 0.15) is 12.3 Å². The van der Waals surface area contributed by atoms with Crippen LogP contribution in [0.1, 0.15) is 30.5 Å². The van der Waals surface area contributed by atoms with E-state index in [2.05, 4.69) is 25.2 Å². The van der Waals surface area contributed by atoms with Crippen molar-refractivity contribution in [1.29, 1.82) is 0 Å². The lowest BCUT2D eigenvalue weighted by molar-refractivity contribution is -0.384. The number of nitrogens with one attached hydrogen (secondary N) is 1. The highest BCUT2D eigenvalue weighted by molar-refractivity contribution is 5.85. The Morgan fingerprint density at radius 3 is 2.56 bits per heavy atom. The fourth-order valence-corrected chi connectivity index (χ4v) is 4.90. The summed E-state index contributed by atoms with van der Waals surface area (Å²) in [5, 5.41) is 14.2. The summed E-state index contributed by atoms with van der Waals surface area (Å²) >= 11 is 0. The van der Waals surface area contributed by atoms with Crippen LogP contribution in [0.3, 0.4) is 0 Å². The monoisotopic (exact) mass is 455 g/mol. The van der Waals surface area contributed by atoms with Crippen LogP contribution in [0.25, 0.3) is 6.08 Å². The molecule has 5 rings (SSSR count). The summed E-state index contributed by atoms with van der Waals surface area (Å²) in [4.78, 5) is 25.9. The van der Waals surface area contributed by atoms with Gasteiger partial charge >= 0.3 is 0 Å². The Balaban J connectivity index is 1.49. The minimum absolute atomic E-state index is 0.00839. The molecule has 0 saturated carbocycles. The van der Waals surface area contributed by atoms with Crippen LogP contribution in [-0.2, 0) is 16.8 Å². The van der Waals surface area contributed by atoms with Crippen molar-refractivity contribution in [2.75, 3.05) is 11.4 Å². The van der Waals surface area contributed by atoms with Gasteiger partial charge < -0.3 is 15.0 Å². The van der Waals surface area contributed by atoms with Gasteiger partial charge in [-0.25, -0.2) is 0 Å². The van der Waals surface area contributed by atoms with E-state index >= 15 is 0 Å². The van der Waals surface area contributed by atoms with Gasteiger partial charge in [-0.3, -0.25) is 14.9 Å². The standard InChI is InChI=1S/C27H25N3O4/c1-26(2)22-10-6-7-11-23(22)29(18-25(31)28-17-19-8-4-3-5-9-19)27(26)15-14-20-16-21(30(32)33)12-13-24(20)34-27/h3-16H,17-18H2,1-2H3,(H,28,31)/t27-/m0/s1. The largest absolute Gasteiger partial charge is 0.463 e. The summed E-state index contributed by atoms with van der Waals surface area (Å²) in [5.41, 5.74) is 2.20. The van der Waals surface area contributed by atoms with Crippen LogP contribution >= 0.6 is 0 Å². The molecular weight excluding hydrogens is 430 g/mol. The number of ether oxygens (including phenoxy) is 1. The van der Waals surface area contributed by atoms with Crippen molar-refractivity contribution in [3.63, 3.8) is 0 Å². The van der Waals surface area contributed by atoms with Gasteiger partial charge in [0.15, 0.2) is 0 Å². The Bertz CT molecular complexity index is 1300. The summed E-state index contributed by atoms with van der Waals surface area (Å²) < 4.78 is 6.63. The number of hydrogen-bond acceptors (Lipinski definition) is 5. The lowest BCUT2D eigenvalue weighted by Gasteiger charge is -2.46. The molecule has 1 atom stereocenters. The first-order valence-electron chi connectivity index (χ1n) is 11.2. The summed E-state index contributed by atoms with van der Waals surface area (Å²) in [6.45, 7) is 4.72. The van der Waals surface area contributed by atoms with Crippen LogP contribution in [0, 0.1) is 10.1 Å². The highest BCUT2D eigenvalue weighted by Gasteiger charge is 2.59. The van der Waals surface area contributed by atoms with Crippen molar-refractivity contribution in [2.45, 2.75) is 31.5 Å². The van der Waals surface area contributed by atoms with Crippen molar-refractivity contribution < 1.29 is 14.5 Å². The Labute approximate surface area is 197 Å². The molecule has 0 unspecified atom stereocenters. The van der Waals surface area contributed by atoms with E-state index in [9.17, 15) is 14.9 Å². The first-order chi connectivity index (χ1) is 16.3. The normalized spacial score (nSPS) is 19.3. The third-order valence-corrected chi connectivity index (χ3v) is 6.76. The van der Waals surface area contributed by atoms with E-state index in [4.69, 9.17) is 4.74 Å². The van der Waals surface area contributed by atoms with Crippen molar-refractivity contribution >= 4 is 23.4 Å². The number of nitro benzene ring substituents is 1. The maximum atomic E-state index is 13.1. The maximum absolute atomic E-state index is 13.1. The second kappa shape index (κ2) is 8.02. The number of amides is 1. The molecule has 0 aromatic heterocycles. The van der Waals surface area contributed by atoms with Gasteiger partial charge in [-0.2, -0.15) is 0 Å². The number of carbonyl (C=O) groups is 1. The molecule has 1 amide bonds. The Hall–Kier alpha value is -4.13. The number of nitro groups is 1. The predicted octanol–water partition coefficient (Wildman–Crippen LogP) is 4.81.